The topological polar surface area (TPSA) is 26.3 Å². The van der Waals surface area contributed by atoms with Gasteiger partial charge in [0.05, 0.1) is 8.07 Å². The van der Waals surface area contributed by atoms with Gasteiger partial charge >= 0.3 is 0 Å². The van der Waals surface area contributed by atoms with E-state index < -0.39 is 16.4 Å². The minimum absolute atomic E-state index is 0.00788. The molecule has 0 amide bonds. The summed E-state index contributed by atoms with van der Waals surface area (Å²) in [6.45, 7) is 20.2. The monoisotopic (exact) mass is 330 g/mol. The Hall–Kier alpha value is 0.0638. The average molecular weight is 331 g/mol. The molecule has 0 saturated carbocycles. The number of Topliss-reactive ketones (excluding diaryl/α,β-unsaturated/α-hetero) is 1. The molecule has 0 fully saturated rings. The number of carbonyl (C=O) groups excluding carboxylic acids is 1. The lowest BCUT2D eigenvalue weighted by molar-refractivity contribution is -0.122. The molecule has 0 aromatic rings. The predicted molar refractivity (Wildman–Crippen MR) is 99.3 cm³/mol. The Morgan fingerprint density at radius 3 is 2.00 bits per heavy atom. The molecule has 0 bridgehead atoms. The molecule has 0 aromatic heterocycles. The van der Waals surface area contributed by atoms with E-state index in [2.05, 4.69) is 46.6 Å². The van der Waals surface area contributed by atoms with Crippen molar-refractivity contribution in [2.75, 3.05) is 0 Å². The van der Waals surface area contributed by atoms with Crippen LogP contribution in [0.25, 0.3) is 0 Å². The smallest absolute Gasteiger partial charge is 0.184 e. The van der Waals surface area contributed by atoms with Crippen molar-refractivity contribution < 1.29 is 9.22 Å². The number of carbonyl (C=O) groups is 1. The molecule has 0 spiro atoms. The molecule has 0 saturated heterocycles. The average Bonchev–Trinajstić information content (AvgIpc) is 2.18. The Bertz CT molecular complexity index is 328. The number of hydrogen-bond acceptors (Lipinski definition) is 2. The normalized spacial score (nSPS) is 13.8. The number of unbranched alkanes of at least 4 members (excludes halogenated alkanes) is 1. The van der Waals surface area contributed by atoms with Crippen LogP contribution in [0.4, 0.5) is 0 Å². The van der Waals surface area contributed by atoms with E-state index in [1.165, 1.54) is 18.5 Å². The molecule has 0 aromatic carbocycles. The summed E-state index contributed by atoms with van der Waals surface area (Å²) in [6.07, 6.45) is 3.01. The first-order valence-electron chi connectivity index (χ1n) is 8.47. The van der Waals surface area contributed by atoms with Gasteiger partial charge in [0.1, 0.15) is 5.78 Å². The number of ketones is 1. The Morgan fingerprint density at radius 2 is 1.57 bits per heavy atom. The molecule has 0 rings (SSSR count). The van der Waals surface area contributed by atoms with Crippen LogP contribution in [0.3, 0.4) is 0 Å². The van der Waals surface area contributed by atoms with Crippen LogP contribution in [0.2, 0.25) is 44.8 Å². The molecule has 0 aliphatic heterocycles. The Kier molecular flexibility index (Phi) is 8.09. The zero-order valence-electron chi connectivity index (χ0n) is 15.9. The molecule has 0 heterocycles. The maximum Gasteiger partial charge on any atom is 0.184 e. The van der Waals surface area contributed by atoms with E-state index in [1.54, 1.807) is 0 Å². The molecular weight excluding hydrogens is 292 g/mol. The van der Waals surface area contributed by atoms with Gasteiger partial charge in [-0.3, -0.25) is 4.79 Å². The van der Waals surface area contributed by atoms with Gasteiger partial charge in [-0.05, 0) is 46.0 Å². The van der Waals surface area contributed by atoms with Crippen molar-refractivity contribution in [3.8, 4) is 0 Å². The van der Waals surface area contributed by atoms with Gasteiger partial charge in [-0.25, -0.2) is 0 Å². The second-order valence-corrected chi connectivity index (χ2v) is 18.8. The zero-order chi connectivity index (χ0) is 16.9. The minimum Gasteiger partial charge on any atom is -0.413 e. The van der Waals surface area contributed by atoms with E-state index in [0.717, 1.165) is 12.8 Å². The van der Waals surface area contributed by atoms with Gasteiger partial charge in [0.15, 0.2) is 8.32 Å². The maximum absolute atomic E-state index is 11.6. The quantitative estimate of drug-likeness (QED) is 0.378. The van der Waals surface area contributed by atoms with E-state index in [0.29, 0.717) is 5.78 Å². The fraction of sp³-hybridized carbons (Fsp3) is 0.941. The molecule has 4 heteroatoms. The van der Waals surface area contributed by atoms with E-state index in [9.17, 15) is 4.79 Å². The third-order valence-electron chi connectivity index (χ3n) is 3.66. The molecule has 21 heavy (non-hydrogen) atoms. The Morgan fingerprint density at radius 1 is 1.05 bits per heavy atom. The maximum atomic E-state index is 11.6. The largest absolute Gasteiger partial charge is 0.413 e. The van der Waals surface area contributed by atoms with Gasteiger partial charge in [0, 0.05) is 17.9 Å². The first kappa shape index (κ1) is 21.1. The van der Waals surface area contributed by atoms with Crippen LogP contribution in [0.1, 0.15) is 47.0 Å². The Balaban J connectivity index is 4.22. The summed E-state index contributed by atoms with van der Waals surface area (Å²) in [7, 11) is -2.73. The van der Waals surface area contributed by atoms with Crippen LogP contribution in [0.5, 0.6) is 0 Å². The molecule has 0 N–H and O–H groups in total. The first-order valence-corrected chi connectivity index (χ1v) is 15.3. The third kappa shape index (κ3) is 11.3. The molecule has 126 valence electrons. The van der Waals surface area contributed by atoms with Gasteiger partial charge in [0.25, 0.3) is 0 Å². The molecule has 0 aliphatic rings. The van der Waals surface area contributed by atoms with E-state index in [1.807, 2.05) is 13.8 Å². The van der Waals surface area contributed by atoms with Crippen molar-refractivity contribution in [2.45, 2.75) is 97.4 Å². The summed E-state index contributed by atoms with van der Waals surface area (Å²) in [6, 6.07) is 2.51. The summed E-state index contributed by atoms with van der Waals surface area (Å²) >= 11 is 0. The van der Waals surface area contributed by atoms with Crippen molar-refractivity contribution >= 4 is 22.2 Å². The molecule has 0 aliphatic carbocycles. The number of hydrogen-bond donors (Lipinski definition) is 0. The highest BCUT2D eigenvalue weighted by atomic mass is 28.4. The van der Waals surface area contributed by atoms with Crippen molar-refractivity contribution in [3.63, 3.8) is 0 Å². The molecule has 2 nitrogen and oxygen atoms in total. The summed E-state index contributed by atoms with van der Waals surface area (Å²) in [5, 5.41) is 0. The fourth-order valence-corrected chi connectivity index (χ4v) is 8.93. The van der Waals surface area contributed by atoms with Crippen molar-refractivity contribution in [3.05, 3.63) is 0 Å². The fourth-order valence-electron chi connectivity index (χ4n) is 3.30. The molecule has 0 radical (unpaired) electrons. The van der Waals surface area contributed by atoms with Gasteiger partial charge in [0.2, 0.25) is 0 Å². The Labute approximate surface area is 135 Å². The lowest BCUT2D eigenvalue weighted by atomic mass is 10.0. The highest BCUT2D eigenvalue weighted by Gasteiger charge is 2.34. The summed E-state index contributed by atoms with van der Waals surface area (Å²) in [5.74, 6) is 0.608. The van der Waals surface area contributed by atoms with Crippen LogP contribution < -0.4 is 0 Å². The summed E-state index contributed by atoms with van der Waals surface area (Å²) in [4.78, 5) is 11.6. The van der Waals surface area contributed by atoms with E-state index >= 15 is 0 Å². The van der Waals surface area contributed by atoms with Crippen LogP contribution in [-0.2, 0) is 9.22 Å². The van der Waals surface area contributed by atoms with Gasteiger partial charge < -0.3 is 4.43 Å². The van der Waals surface area contributed by atoms with Gasteiger partial charge in [-0.15, -0.1) is 0 Å². The van der Waals surface area contributed by atoms with Crippen LogP contribution in [0, 0.1) is 5.92 Å². The van der Waals surface area contributed by atoms with Crippen LogP contribution >= 0.6 is 0 Å². The second-order valence-electron chi connectivity index (χ2n) is 9.14. The lowest BCUT2D eigenvalue weighted by Crippen LogP contribution is -2.44. The van der Waals surface area contributed by atoms with E-state index in [4.69, 9.17) is 4.43 Å². The van der Waals surface area contributed by atoms with Gasteiger partial charge in [-0.2, -0.15) is 0 Å². The van der Waals surface area contributed by atoms with Crippen LogP contribution in [0.15, 0.2) is 0 Å². The molecule has 0 unspecified atom stereocenters. The minimum atomic E-state index is -1.48. The SMILES string of the molecule is CC(C)C(=O)CCCC[Si](C)(C)CC(C)(C)O[Si](C)(C)C. The summed E-state index contributed by atoms with van der Waals surface area (Å²) < 4.78 is 6.36. The lowest BCUT2D eigenvalue weighted by Gasteiger charge is -2.38. The third-order valence-corrected chi connectivity index (χ3v) is 8.34. The standard InChI is InChI=1S/C17H38O2Si2/c1-15(2)16(18)12-10-11-13-21(8,9)14-17(3,4)19-20(5,6)7/h15H,10-14H2,1-9H3. The van der Waals surface area contributed by atoms with E-state index in [-0.39, 0.29) is 11.5 Å². The predicted octanol–water partition coefficient (Wildman–Crippen LogP) is 5.72. The van der Waals surface area contributed by atoms with Crippen molar-refractivity contribution in [2.24, 2.45) is 5.92 Å². The first-order chi connectivity index (χ1) is 9.24. The van der Waals surface area contributed by atoms with Crippen LogP contribution in [-0.4, -0.2) is 27.8 Å². The highest BCUT2D eigenvalue weighted by molar-refractivity contribution is 6.77. The summed E-state index contributed by atoms with van der Waals surface area (Å²) in [5.41, 5.74) is 0.00788. The van der Waals surface area contributed by atoms with Crippen molar-refractivity contribution in [1.29, 1.82) is 0 Å². The second kappa shape index (κ2) is 8.07. The number of rotatable bonds is 10. The van der Waals surface area contributed by atoms with Gasteiger partial charge in [-0.1, -0.05) is 39.4 Å². The zero-order valence-corrected chi connectivity index (χ0v) is 17.9. The molecular formula is C17H38O2Si2. The highest BCUT2D eigenvalue weighted by Crippen LogP contribution is 2.31. The van der Waals surface area contributed by atoms with Crippen molar-refractivity contribution in [1.82, 2.24) is 0 Å². The molecule has 0 atom stereocenters.